The van der Waals surface area contributed by atoms with E-state index in [1.807, 2.05) is 6.07 Å². The van der Waals surface area contributed by atoms with E-state index in [1.54, 1.807) is 6.33 Å². The first kappa shape index (κ1) is 13.3. The molecule has 106 valence electrons. The normalized spacial score (nSPS) is 23.2. The summed E-state index contributed by atoms with van der Waals surface area (Å²) in [7, 11) is 0. The first-order valence-corrected chi connectivity index (χ1v) is 6.89. The number of aliphatic hydroxyl groups is 1. The fourth-order valence-electron chi connectivity index (χ4n) is 2.61. The zero-order valence-electron chi connectivity index (χ0n) is 11.8. The zero-order valence-corrected chi connectivity index (χ0v) is 11.8. The molecule has 3 rings (SSSR count). The molecule has 1 aromatic heterocycles. The van der Waals surface area contributed by atoms with E-state index in [4.69, 9.17) is 4.74 Å². The number of benzene rings is 1. The van der Waals surface area contributed by atoms with Gasteiger partial charge in [-0.3, -0.25) is 0 Å². The first-order chi connectivity index (χ1) is 9.69. The summed E-state index contributed by atoms with van der Waals surface area (Å²) in [6.07, 6.45) is 1.45. The van der Waals surface area contributed by atoms with Crippen LogP contribution in [0.5, 0.6) is 0 Å². The van der Waals surface area contributed by atoms with Crippen molar-refractivity contribution in [2.75, 3.05) is 24.7 Å². The number of morpholine rings is 1. The largest absolute Gasteiger partial charge is 0.394 e. The van der Waals surface area contributed by atoms with Crippen molar-refractivity contribution in [3.8, 4) is 0 Å². The standard InChI is InChI=1S/C15H19N3O2/c1-10-3-4-14-13(5-10)15(17-9-16-14)18-6-12(7-19)20-8-11(18)2/h3-5,9,11-12,19H,6-8H2,1-2H3. The van der Waals surface area contributed by atoms with E-state index in [-0.39, 0.29) is 18.8 Å². The molecule has 0 spiro atoms. The molecule has 0 radical (unpaired) electrons. The summed E-state index contributed by atoms with van der Waals surface area (Å²) in [6.45, 7) is 5.46. The third-order valence-corrected chi connectivity index (χ3v) is 3.75. The molecule has 2 unspecified atom stereocenters. The van der Waals surface area contributed by atoms with Gasteiger partial charge in [-0.15, -0.1) is 0 Å². The second-order valence-electron chi connectivity index (χ2n) is 5.36. The minimum atomic E-state index is -0.152. The molecule has 1 aromatic carbocycles. The van der Waals surface area contributed by atoms with Gasteiger partial charge >= 0.3 is 0 Å². The van der Waals surface area contributed by atoms with Gasteiger partial charge in [-0.05, 0) is 26.0 Å². The van der Waals surface area contributed by atoms with Gasteiger partial charge in [-0.1, -0.05) is 11.6 Å². The number of ether oxygens (including phenoxy) is 1. The lowest BCUT2D eigenvalue weighted by molar-refractivity contribution is -0.0104. The number of aliphatic hydroxyl groups excluding tert-OH is 1. The lowest BCUT2D eigenvalue weighted by Gasteiger charge is -2.38. The summed E-state index contributed by atoms with van der Waals surface area (Å²) in [4.78, 5) is 11.0. The van der Waals surface area contributed by atoms with E-state index in [0.29, 0.717) is 13.2 Å². The highest BCUT2D eigenvalue weighted by Gasteiger charge is 2.27. The molecule has 5 heteroatoms. The molecule has 1 fully saturated rings. The highest BCUT2D eigenvalue weighted by molar-refractivity contribution is 5.90. The second-order valence-corrected chi connectivity index (χ2v) is 5.36. The molecule has 1 aliphatic rings. The predicted molar refractivity (Wildman–Crippen MR) is 77.9 cm³/mol. The number of anilines is 1. The number of hydrogen-bond acceptors (Lipinski definition) is 5. The Kier molecular flexibility index (Phi) is 3.54. The zero-order chi connectivity index (χ0) is 14.1. The molecule has 0 aliphatic carbocycles. The topological polar surface area (TPSA) is 58.5 Å². The Morgan fingerprint density at radius 2 is 2.25 bits per heavy atom. The van der Waals surface area contributed by atoms with Gasteiger partial charge in [-0.2, -0.15) is 0 Å². The van der Waals surface area contributed by atoms with Crippen LogP contribution in [-0.4, -0.2) is 47.0 Å². The monoisotopic (exact) mass is 273 g/mol. The second kappa shape index (κ2) is 5.34. The summed E-state index contributed by atoms with van der Waals surface area (Å²) in [5, 5.41) is 10.4. The molecule has 0 saturated carbocycles. The average Bonchev–Trinajstić information content (AvgIpc) is 2.47. The summed E-state index contributed by atoms with van der Waals surface area (Å²) < 4.78 is 5.59. The first-order valence-electron chi connectivity index (χ1n) is 6.89. The van der Waals surface area contributed by atoms with Crippen LogP contribution in [0.4, 0.5) is 5.82 Å². The lowest BCUT2D eigenvalue weighted by atomic mass is 10.1. The minimum Gasteiger partial charge on any atom is -0.394 e. The van der Waals surface area contributed by atoms with Gasteiger partial charge in [0, 0.05) is 11.9 Å². The summed E-state index contributed by atoms with van der Waals surface area (Å²) in [5.41, 5.74) is 2.13. The maximum Gasteiger partial charge on any atom is 0.140 e. The number of nitrogens with zero attached hydrogens (tertiary/aromatic N) is 3. The molecule has 20 heavy (non-hydrogen) atoms. The molecular weight excluding hydrogens is 254 g/mol. The maximum absolute atomic E-state index is 9.31. The minimum absolute atomic E-state index is 0.0330. The molecule has 5 nitrogen and oxygen atoms in total. The van der Waals surface area contributed by atoms with E-state index in [0.717, 1.165) is 16.7 Å². The molecule has 1 N–H and O–H groups in total. The van der Waals surface area contributed by atoms with Crippen LogP contribution in [0.3, 0.4) is 0 Å². The Balaban J connectivity index is 2.06. The smallest absolute Gasteiger partial charge is 0.140 e. The van der Waals surface area contributed by atoms with Gasteiger partial charge in [0.05, 0.1) is 30.9 Å². The maximum atomic E-state index is 9.31. The molecular formula is C15H19N3O2. The van der Waals surface area contributed by atoms with E-state index in [1.165, 1.54) is 5.56 Å². The average molecular weight is 273 g/mol. The van der Waals surface area contributed by atoms with Crippen LogP contribution >= 0.6 is 0 Å². The van der Waals surface area contributed by atoms with Crippen molar-refractivity contribution < 1.29 is 9.84 Å². The SMILES string of the molecule is Cc1ccc2ncnc(N3CC(CO)OCC3C)c2c1. The van der Waals surface area contributed by atoms with E-state index >= 15 is 0 Å². The Bertz CT molecular complexity index is 617. The molecule has 1 saturated heterocycles. The van der Waals surface area contributed by atoms with Crippen molar-refractivity contribution in [3.05, 3.63) is 30.1 Å². The van der Waals surface area contributed by atoms with Crippen LogP contribution in [0.25, 0.3) is 10.9 Å². The van der Waals surface area contributed by atoms with E-state index in [9.17, 15) is 5.11 Å². The summed E-state index contributed by atoms with van der Waals surface area (Å²) in [5.74, 6) is 0.924. The van der Waals surface area contributed by atoms with Gasteiger partial charge in [0.25, 0.3) is 0 Å². The van der Waals surface area contributed by atoms with Gasteiger partial charge in [-0.25, -0.2) is 9.97 Å². The number of fused-ring (bicyclic) bond motifs is 1. The van der Waals surface area contributed by atoms with Crippen LogP contribution in [0, 0.1) is 6.92 Å². The fourth-order valence-corrected chi connectivity index (χ4v) is 2.61. The van der Waals surface area contributed by atoms with Crippen LogP contribution in [0.15, 0.2) is 24.5 Å². The summed E-state index contributed by atoms with van der Waals surface area (Å²) in [6, 6.07) is 6.42. The Morgan fingerprint density at radius 1 is 1.40 bits per heavy atom. The van der Waals surface area contributed by atoms with Crippen LogP contribution in [-0.2, 0) is 4.74 Å². The predicted octanol–water partition coefficient (Wildman–Crippen LogP) is 1.52. The van der Waals surface area contributed by atoms with Gasteiger partial charge in [0.2, 0.25) is 0 Å². The fraction of sp³-hybridized carbons (Fsp3) is 0.467. The van der Waals surface area contributed by atoms with Crippen molar-refractivity contribution >= 4 is 16.7 Å². The van der Waals surface area contributed by atoms with Crippen molar-refractivity contribution in [1.82, 2.24) is 9.97 Å². The highest BCUT2D eigenvalue weighted by atomic mass is 16.5. The number of aryl methyl sites for hydroxylation is 1. The molecule has 0 bridgehead atoms. The van der Waals surface area contributed by atoms with Crippen molar-refractivity contribution in [3.63, 3.8) is 0 Å². The molecule has 1 aliphatic heterocycles. The lowest BCUT2D eigenvalue weighted by Crippen LogP contribution is -2.50. The number of hydrogen-bond donors (Lipinski definition) is 1. The summed E-state index contributed by atoms with van der Waals surface area (Å²) >= 11 is 0. The Morgan fingerprint density at radius 3 is 3.05 bits per heavy atom. The van der Waals surface area contributed by atoms with Gasteiger partial charge < -0.3 is 14.7 Å². The van der Waals surface area contributed by atoms with E-state index < -0.39 is 0 Å². The molecule has 2 heterocycles. The third-order valence-electron chi connectivity index (χ3n) is 3.75. The van der Waals surface area contributed by atoms with Crippen molar-refractivity contribution in [1.29, 1.82) is 0 Å². The molecule has 2 aromatic rings. The molecule has 2 atom stereocenters. The Hall–Kier alpha value is -1.72. The van der Waals surface area contributed by atoms with Crippen LogP contribution < -0.4 is 4.90 Å². The third kappa shape index (κ3) is 2.34. The van der Waals surface area contributed by atoms with E-state index in [2.05, 4.69) is 40.8 Å². The number of aromatic nitrogens is 2. The van der Waals surface area contributed by atoms with Gasteiger partial charge in [0.15, 0.2) is 0 Å². The number of rotatable bonds is 2. The van der Waals surface area contributed by atoms with Crippen molar-refractivity contribution in [2.24, 2.45) is 0 Å². The Labute approximate surface area is 118 Å². The van der Waals surface area contributed by atoms with Crippen LogP contribution in [0.2, 0.25) is 0 Å². The van der Waals surface area contributed by atoms with Gasteiger partial charge in [0.1, 0.15) is 12.1 Å². The van der Waals surface area contributed by atoms with Crippen molar-refractivity contribution in [2.45, 2.75) is 26.0 Å². The highest BCUT2D eigenvalue weighted by Crippen LogP contribution is 2.27. The quantitative estimate of drug-likeness (QED) is 0.899. The van der Waals surface area contributed by atoms with Crippen LogP contribution in [0.1, 0.15) is 12.5 Å². The molecule has 0 amide bonds.